The fraction of sp³-hybridized carbons (Fsp3) is 0.611. The van der Waals surface area contributed by atoms with E-state index in [-0.39, 0.29) is 42.9 Å². The summed E-state index contributed by atoms with van der Waals surface area (Å²) in [4.78, 5) is 14.7. The molecule has 1 heterocycles. The largest absolute Gasteiger partial charge is 0.373 e. The van der Waals surface area contributed by atoms with Gasteiger partial charge in [-0.05, 0) is 32.8 Å². The molecule has 0 aliphatic carbocycles. The average Bonchev–Trinajstić information content (AvgIpc) is 2.51. The molecule has 1 saturated heterocycles. The second kappa shape index (κ2) is 11.0. The summed E-state index contributed by atoms with van der Waals surface area (Å²) < 4.78 is 5.73. The summed E-state index contributed by atoms with van der Waals surface area (Å²) in [6, 6.07) is 9.48. The Labute approximate surface area is 163 Å². The van der Waals surface area contributed by atoms with Gasteiger partial charge in [0.15, 0.2) is 0 Å². The van der Waals surface area contributed by atoms with Crippen LogP contribution in [0.5, 0.6) is 0 Å². The summed E-state index contributed by atoms with van der Waals surface area (Å²) in [6.45, 7) is 9.47. The first-order valence-electron chi connectivity index (χ1n) is 8.40. The van der Waals surface area contributed by atoms with E-state index in [1.54, 1.807) is 6.92 Å². The van der Waals surface area contributed by atoms with Crippen molar-refractivity contribution < 1.29 is 9.53 Å². The predicted octanol–water partition coefficient (Wildman–Crippen LogP) is 2.32. The molecule has 1 aromatic carbocycles. The van der Waals surface area contributed by atoms with Crippen molar-refractivity contribution in [3.63, 3.8) is 0 Å². The van der Waals surface area contributed by atoms with Crippen molar-refractivity contribution in [2.45, 2.75) is 44.9 Å². The molecule has 3 atom stereocenters. The molecular formula is C18H31Cl2N3O2. The average molecular weight is 392 g/mol. The van der Waals surface area contributed by atoms with Gasteiger partial charge < -0.3 is 15.8 Å². The number of benzene rings is 1. The zero-order chi connectivity index (χ0) is 16.9. The lowest BCUT2D eigenvalue weighted by Gasteiger charge is -2.35. The molecule has 0 saturated carbocycles. The summed E-state index contributed by atoms with van der Waals surface area (Å²) in [5.41, 5.74) is 6.03. The van der Waals surface area contributed by atoms with Crippen molar-refractivity contribution in [1.82, 2.24) is 10.2 Å². The topological polar surface area (TPSA) is 67.6 Å². The van der Waals surface area contributed by atoms with Gasteiger partial charge in [-0.2, -0.15) is 0 Å². The molecule has 7 heteroatoms. The molecule has 144 valence electrons. The van der Waals surface area contributed by atoms with Gasteiger partial charge in [0.1, 0.15) is 5.54 Å². The van der Waals surface area contributed by atoms with Crippen molar-refractivity contribution >= 4 is 30.7 Å². The number of nitrogens with one attached hydrogen (secondary N) is 1. The number of carbonyl (C=O) groups excluding carboxylic acids is 1. The second-order valence-electron chi connectivity index (χ2n) is 6.69. The van der Waals surface area contributed by atoms with E-state index < -0.39 is 5.54 Å². The molecule has 1 aromatic rings. The molecule has 0 bridgehead atoms. The van der Waals surface area contributed by atoms with E-state index in [0.29, 0.717) is 6.54 Å². The van der Waals surface area contributed by atoms with Crippen LogP contribution in [0.3, 0.4) is 0 Å². The summed E-state index contributed by atoms with van der Waals surface area (Å²) in [5.74, 6) is -0.132. The van der Waals surface area contributed by atoms with Crippen LogP contribution in [0.25, 0.3) is 0 Å². The van der Waals surface area contributed by atoms with E-state index in [1.165, 1.54) is 0 Å². The van der Waals surface area contributed by atoms with E-state index in [1.807, 2.05) is 30.3 Å². The van der Waals surface area contributed by atoms with Gasteiger partial charge in [0, 0.05) is 26.2 Å². The Morgan fingerprint density at radius 1 is 1.24 bits per heavy atom. The van der Waals surface area contributed by atoms with E-state index in [0.717, 1.165) is 31.6 Å². The van der Waals surface area contributed by atoms with Crippen molar-refractivity contribution in [3.05, 3.63) is 35.9 Å². The lowest BCUT2D eigenvalue weighted by Crippen LogP contribution is -2.50. The number of ether oxygens (including phenoxy) is 1. The van der Waals surface area contributed by atoms with E-state index >= 15 is 0 Å². The molecule has 5 nitrogen and oxygen atoms in total. The number of morpholine rings is 1. The molecular weight excluding hydrogens is 361 g/mol. The summed E-state index contributed by atoms with van der Waals surface area (Å²) in [7, 11) is 0. The minimum absolute atomic E-state index is 0. The van der Waals surface area contributed by atoms with Crippen LogP contribution >= 0.6 is 24.8 Å². The summed E-state index contributed by atoms with van der Waals surface area (Å²) in [6.07, 6.45) is 1.47. The van der Waals surface area contributed by atoms with Crippen LogP contribution in [0, 0.1) is 0 Å². The quantitative estimate of drug-likeness (QED) is 0.730. The minimum Gasteiger partial charge on any atom is -0.373 e. The Morgan fingerprint density at radius 3 is 2.36 bits per heavy atom. The lowest BCUT2D eigenvalue weighted by atomic mass is 9.92. The predicted molar refractivity (Wildman–Crippen MR) is 107 cm³/mol. The third kappa shape index (κ3) is 7.12. The first-order valence-corrected chi connectivity index (χ1v) is 8.40. The Kier molecular flexibility index (Phi) is 10.6. The Bertz CT molecular complexity index is 504. The van der Waals surface area contributed by atoms with Gasteiger partial charge in [0.25, 0.3) is 0 Å². The number of nitrogens with two attached hydrogens (primary N) is 1. The number of hydrogen-bond donors (Lipinski definition) is 2. The standard InChI is InChI=1S/C18H29N3O2.2ClH/c1-14-12-21(13-15(2)23-14)11-7-10-20-17(22)18(3,19)16-8-5-4-6-9-16;;/h4-6,8-9,14-15H,7,10-13,19H2,1-3H3,(H,20,22);2*1H. The monoisotopic (exact) mass is 391 g/mol. The highest BCUT2D eigenvalue weighted by molar-refractivity contribution is 5.87. The van der Waals surface area contributed by atoms with Gasteiger partial charge in [-0.15, -0.1) is 24.8 Å². The third-order valence-corrected chi connectivity index (χ3v) is 4.28. The molecule has 25 heavy (non-hydrogen) atoms. The first kappa shape index (κ1) is 24.1. The van der Waals surface area contributed by atoms with Crippen LogP contribution in [-0.4, -0.2) is 49.2 Å². The number of carbonyl (C=O) groups is 1. The van der Waals surface area contributed by atoms with Gasteiger partial charge in [-0.3, -0.25) is 9.69 Å². The molecule has 1 aliphatic heterocycles. The zero-order valence-corrected chi connectivity index (χ0v) is 16.9. The van der Waals surface area contributed by atoms with Crippen molar-refractivity contribution in [3.8, 4) is 0 Å². The molecule has 0 radical (unpaired) electrons. The maximum absolute atomic E-state index is 12.4. The van der Waals surface area contributed by atoms with Gasteiger partial charge in [0.05, 0.1) is 12.2 Å². The van der Waals surface area contributed by atoms with Crippen molar-refractivity contribution in [2.24, 2.45) is 5.73 Å². The number of nitrogens with zero attached hydrogens (tertiary/aromatic N) is 1. The molecule has 0 spiro atoms. The van der Waals surface area contributed by atoms with Crippen LogP contribution in [-0.2, 0) is 15.1 Å². The SMILES string of the molecule is CC1CN(CCCNC(=O)C(C)(N)c2ccccc2)CC(C)O1.Cl.Cl. The summed E-state index contributed by atoms with van der Waals surface area (Å²) >= 11 is 0. The van der Waals surface area contributed by atoms with E-state index in [2.05, 4.69) is 24.1 Å². The second-order valence-corrected chi connectivity index (χ2v) is 6.69. The smallest absolute Gasteiger partial charge is 0.244 e. The van der Waals surface area contributed by atoms with Crippen molar-refractivity contribution in [1.29, 1.82) is 0 Å². The van der Waals surface area contributed by atoms with Crippen LogP contribution in [0.1, 0.15) is 32.8 Å². The lowest BCUT2D eigenvalue weighted by molar-refractivity contribution is -0.126. The van der Waals surface area contributed by atoms with Crippen LogP contribution in [0.4, 0.5) is 0 Å². The van der Waals surface area contributed by atoms with E-state index in [9.17, 15) is 4.79 Å². The highest BCUT2D eigenvalue weighted by atomic mass is 35.5. The zero-order valence-electron chi connectivity index (χ0n) is 15.2. The highest BCUT2D eigenvalue weighted by Gasteiger charge is 2.30. The Balaban J connectivity index is 0.00000288. The Hall–Kier alpha value is -0.850. The minimum atomic E-state index is -0.997. The summed E-state index contributed by atoms with van der Waals surface area (Å²) in [5, 5.41) is 2.96. The number of amides is 1. The van der Waals surface area contributed by atoms with Gasteiger partial charge in [-0.1, -0.05) is 30.3 Å². The van der Waals surface area contributed by atoms with Crippen LogP contribution in [0.2, 0.25) is 0 Å². The van der Waals surface area contributed by atoms with Crippen LogP contribution in [0.15, 0.2) is 30.3 Å². The molecule has 1 aliphatic rings. The van der Waals surface area contributed by atoms with Crippen LogP contribution < -0.4 is 11.1 Å². The van der Waals surface area contributed by atoms with Gasteiger partial charge >= 0.3 is 0 Å². The molecule has 3 N–H and O–H groups in total. The molecule has 3 unspecified atom stereocenters. The molecule has 2 rings (SSSR count). The maximum Gasteiger partial charge on any atom is 0.244 e. The number of hydrogen-bond acceptors (Lipinski definition) is 4. The Morgan fingerprint density at radius 2 is 1.80 bits per heavy atom. The number of rotatable bonds is 6. The molecule has 1 fully saturated rings. The normalized spacial score (nSPS) is 22.9. The van der Waals surface area contributed by atoms with Gasteiger partial charge in [0.2, 0.25) is 5.91 Å². The van der Waals surface area contributed by atoms with E-state index in [4.69, 9.17) is 10.5 Å². The fourth-order valence-electron chi connectivity index (χ4n) is 3.07. The first-order chi connectivity index (χ1) is 10.9. The maximum atomic E-state index is 12.4. The number of halogens is 2. The fourth-order valence-corrected chi connectivity index (χ4v) is 3.07. The highest BCUT2D eigenvalue weighted by Crippen LogP contribution is 2.17. The van der Waals surface area contributed by atoms with Crippen molar-refractivity contribution in [2.75, 3.05) is 26.2 Å². The molecule has 0 aromatic heterocycles. The molecule has 1 amide bonds. The van der Waals surface area contributed by atoms with Gasteiger partial charge in [-0.25, -0.2) is 0 Å². The third-order valence-electron chi connectivity index (χ3n) is 4.28.